The fraction of sp³-hybridized carbons (Fsp3) is 0.261. The highest BCUT2D eigenvalue weighted by Gasteiger charge is 2.22. The van der Waals surface area contributed by atoms with Crippen molar-refractivity contribution in [3.63, 3.8) is 0 Å². The Kier molecular flexibility index (Phi) is 4.93. The standard InChI is InChI=1S/C23H22N6O/c30-22-12-21(19-5-3-9-24-13-19)25-16-29(22)15-17-7-10-28(11-8-17)23-20-6-2-1-4-18(20)14-26-27-23/h1-6,9,12-14,16-17H,7-8,10-11,15H2. The summed E-state index contributed by atoms with van der Waals surface area (Å²) in [5.74, 6) is 1.39. The van der Waals surface area contributed by atoms with Gasteiger partial charge >= 0.3 is 0 Å². The molecule has 1 aliphatic heterocycles. The van der Waals surface area contributed by atoms with Gasteiger partial charge in [-0.2, -0.15) is 5.10 Å². The summed E-state index contributed by atoms with van der Waals surface area (Å²) in [5.41, 5.74) is 1.49. The molecule has 1 saturated heterocycles. The average molecular weight is 398 g/mol. The monoisotopic (exact) mass is 398 g/mol. The molecular weight excluding hydrogens is 376 g/mol. The Morgan fingerprint density at radius 2 is 1.90 bits per heavy atom. The third kappa shape index (κ3) is 3.66. The highest BCUT2D eigenvalue weighted by atomic mass is 16.1. The van der Waals surface area contributed by atoms with E-state index in [1.54, 1.807) is 35.6 Å². The van der Waals surface area contributed by atoms with E-state index < -0.39 is 0 Å². The molecular formula is C23H22N6O. The van der Waals surface area contributed by atoms with Gasteiger partial charge in [0.2, 0.25) is 0 Å². The van der Waals surface area contributed by atoms with Gasteiger partial charge < -0.3 is 4.90 Å². The second kappa shape index (κ2) is 8.02. The van der Waals surface area contributed by atoms with Crippen molar-refractivity contribution in [1.29, 1.82) is 0 Å². The van der Waals surface area contributed by atoms with Gasteiger partial charge in [0.1, 0.15) is 0 Å². The van der Waals surface area contributed by atoms with E-state index in [4.69, 9.17) is 0 Å². The number of pyridine rings is 1. The second-order valence-electron chi connectivity index (χ2n) is 7.69. The average Bonchev–Trinajstić information content (AvgIpc) is 2.81. The lowest BCUT2D eigenvalue weighted by molar-refractivity contribution is 0.350. The summed E-state index contributed by atoms with van der Waals surface area (Å²) < 4.78 is 1.72. The molecule has 3 aromatic heterocycles. The van der Waals surface area contributed by atoms with E-state index in [1.807, 2.05) is 24.3 Å². The molecule has 7 nitrogen and oxygen atoms in total. The third-order valence-corrected chi connectivity index (χ3v) is 5.76. The molecule has 0 aliphatic carbocycles. The highest BCUT2D eigenvalue weighted by molar-refractivity contribution is 5.91. The molecule has 4 heterocycles. The number of fused-ring (bicyclic) bond motifs is 1. The SMILES string of the molecule is O=c1cc(-c2cccnc2)ncn1CC1CCN(c2nncc3ccccc23)CC1. The van der Waals surface area contributed by atoms with Crippen molar-refractivity contribution >= 4 is 16.6 Å². The lowest BCUT2D eigenvalue weighted by Gasteiger charge is -2.33. The first-order valence-electron chi connectivity index (χ1n) is 10.2. The molecule has 1 aliphatic rings. The van der Waals surface area contributed by atoms with E-state index in [2.05, 4.69) is 37.2 Å². The number of rotatable bonds is 4. The molecule has 0 saturated carbocycles. The van der Waals surface area contributed by atoms with Crippen LogP contribution < -0.4 is 10.5 Å². The largest absolute Gasteiger partial charge is 0.355 e. The summed E-state index contributed by atoms with van der Waals surface area (Å²) in [5, 5.41) is 10.8. The molecule has 0 N–H and O–H groups in total. The number of hydrogen-bond donors (Lipinski definition) is 0. The Bertz CT molecular complexity index is 1210. The topological polar surface area (TPSA) is 76.8 Å². The van der Waals surface area contributed by atoms with Gasteiger partial charge in [-0.15, -0.1) is 5.10 Å². The molecule has 0 atom stereocenters. The molecule has 4 aromatic rings. The van der Waals surface area contributed by atoms with Gasteiger partial charge in [-0.05, 0) is 30.9 Å². The van der Waals surface area contributed by atoms with Crippen LogP contribution >= 0.6 is 0 Å². The van der Waals surface area contributed by atoms with Crippen LogP contribution in [0.2, 0.25) is 0 Å². The Morgan fingerprint density at radius 1 is 1.03 bits per heavy atom. The van der Waals surface area contributed by atoms with Crippen LogP contribution in [0, 0.1) is 5.92 Å². The van der Waals surface area contributed by atoms with Crippen LogP contribution in [0.15, 0.2) is 72.2 Å². The molecule has 150 valence electrons. The second-order valence-corrected chi connectivity index (χ2v) is 7.69. The van der Waals surface area contributed by atoms with E-state index in [0.29, 0.717) is 18.2 Å². The molecule has 0 amide bonds. The molecule has 30 heavy (non-hydrogen) atoms. The van der Waals surface area contributed by atoms with Gasteiger partial charge in [0, 0.05) is 54.4 Å². The Labute approximate surface area is 174 Å². The normalized spacial score (nSPS) is 14.9. The summed E-state index contributed by atoms with van der Waals surface area (Å²) in [6, 6.07) is 13.6. The van der Waals surface area contributed by atoms with Crippen LogP contribution in [0.4, 0.5) is 5.82 Å². The zero-order chi connectivity index (χ0) is 20.3. The predicted octanol–water partition coefficient (Wildman–Crippen LogP) is 3.17. The van der Waals surface area contributed by atoms with Gasteiger partial charge in [0.05, 0.1) is 18.2 Å². The Morgan fingerprint density at radius 3 is 2.70 bits per heavy atom. The molecule has 0 radical (unpaired) electrons. The Balaban J connectivity index is 1.27. The smallest absolute Gasteiger partial charge is 0.253 e. The highest BCUT2D eigenvalue weighted by Crippen LogP contribution is 2.28. The lowest BCUT2D eigenvalue weighted by Crippen LogP contribution is -2.37. The molecule has 0 spiro atoms. The molecule has 1 aromatic carbocycles. The van der Waals surface area contributed by atoms with Crippen LogP contribution in [0.1, 0.15) is 12.8 Å². The predicted molar refractivity (Wildman–Crippen MR) is 116 cm³/mol. The maximum absolute atomic E-state index is 12.6. The van der Waals surface area contributed by atoms with Crippen LogP contribution in [0.25, 0.3) is 22.0 Å². The number of benzene rings is 1. The van der Waals surface area contributed by atoms with Crippen LogP contribution in [0.3, 0.4) is 0 Å². The van der Waals surface area contributed by atoms with E-state index in [1.165, 1.54) is 0 Å². The van der Waals surface area contributed by atoms with Crippen LogP contribution in [-0.2, 0) is 6.54 Å². The minimum Gasteiger partial charge on any atom is -0.355 e. The first-order chi connectivity index (χ1) is 14.8. The van der Waals surface area contributed by atoms with E-state index in [-0.39, 0.29) is 5.56 Å². The van der Waals surface area contributed by atoms with E-state index in [9.17, 15) is 4.79 Å². The number of anilines is 1. The lowest BCUT2D eigenvalue weighted by atomic mass is 9.96. The summed E-state index contributed by atoms with van der Waals surface area (Å²) in [6.07, 6.45) is 8.90. The molecule has 5 rings (SSSR count). The van der Waals surface area contributed by atoms with Crippen molar-refractivity contribution in [2.45, 2.75) is 19.4 Å². The number of hydrogen-bond acceptors (Lipinski definition) is 6. The van der Waals surface area contributed by atoms with Crippen molar-refractivity contribution in [3.8, 4) is 11.3 Å². The molecule has 7 heteroatoms. The summed E-state index contributed by atoms with van der Waals surface area (Å²) >= 11 is 0. The zero-order valence-corrected chi connectivity index (χ0v) is 16.6. The molecule has 1 fully saturated rings. The minimum absolute atomic E-state index is 0.0220. The maximum Gasteiger partial charge on any atom is 0.253 e. The summed E-state index contributed by atoms with van der Waals surface area (Å²) in [7, 11) is 0. The maximum atomic E-state index is 12.6. The van der Waals surface area contributed by atoms with E-state index in [0.717, 1.165) is 48.1 Å². The number of piperidine rings is 1. The van der Waals surface area contributed by atoms with Crippen LogP contribution in [0.5, 0.6) is 0 Å². The van der Waals surface area contributed by atoms with Crippen molar-refractivity contribution in [2.75, 3.05) is 18.0 Å². The van der Waals surface area contributed by atoms with Gasteiger partial charge in [-0.25, -0.2) is 4.98 Å². The zero-order valence-electron chi connectivity index (χ0n) is 16.6. The van der Waals surface area contributed by atoms with Crippen molar-refractivity contribution in [1.82, 2.24) is 24.7 Å². The van der Waals surface area contributed by atoms with Crippen LogP contribution in [-0.4, -0.2) is 37.8 Å². The van der Waals surface area contributed by atoms with Gasteiger partial charge in [-0.3, -0.25) is 14.3 Å². The quantitative estimate of drug-likeness (QED) is 0.526. The van der Waals surface area contributed by atoms with Gasteiger partial charge in [0.15, 0.2) is 5.82 Å². The number of aromatic nitrogens is 5. The number of nitrogens with zero attached hydrogens (tertiary/aromatic N) is 6. The van der Waals surface area contributed by atoms with Crippen molar-refractivity contribution < 1.29 is 0 Å². The van der Waals surface area contributed by atoms with Crippen molar-refractivity contribution in [3.05, 3.63) is 77.7 Å². The summed E-state index contributed by atoms with van der Waals surface area (Å²) in [4.78, 5) is 23.5. The van der Waals surface area contributed by atoms with Gasteiger partial charge in [0.25, 0.3) is 5.56 Å². The fourth-order valence-corrected chi connectivity index (χ4v) is 4.09. The minimum atomic E-state index is -0.0220. The first-order valence-corrected chi connectivity index (χ1v) is 10.2. The first kappa shape index (κ1) is 18.4. The van der Waals surface area contributed by atoms with E-state index >= 15 is 0 Å². The van der Waals surface area contributed by atoms with Crippen molar-refractivity contribution in [2.24, 2.45) is 5.92 Å². The third-order valence-electron chi connectivity index (χ3n) is 5.76. The Hall–Kier alpha value is -3.61. The molecule has 0 unspecified atom stereocenters. The molecule has 0 bridgehead atoms. The fourth-order valence-electron chi connectivity index (χ4n) is 4.09. The summed E-state index contributed by atoms with van der Waals surface area (Å²) in [6.45, 7) is 2.50. The van der Waals surface area contributed by atoms with Gasteiger partial charge in [-0.1, -0.05) is 24.3 Å².